The molecule has 0 fully saturated rings. The molecule has 5 heteroatoms. The van der Waals surface area contributed by atoms with E-state index in [1.807, 2.05) is 0 Å². The maximum absolute atomic E-state index is 11.5. The van der Waals surface area contributed by atoms with Gasteiger partial charge in [-0.15, -0.1) is 11.3 Å². The highest BCUT2D eigenvalue weighted by molar-refractivity contribution is 7.85. The minimum Gasteiger partial charge on any atom is -0.385 e. The number of thiophene rings is 1. The van der Waals surface area contributed by atoms with Crippen LogP contribution in [0.15, 0.2) is 4.21 Å². The van der Waals surface area contributed by atoms with Crippen LogP contribution < -0.4 is 5.14 Å². The van der Waals surface area contributed by atoms with E-state index in [1.54, 1.807) is 13.8 Å². The van der Waals surface area contributed by atoms with Gasteiger partial charge in [-0.2, -0.15) is 0 Å². The first kappa shape index (κ1) is 12.2. The van der Waals surface area contributed by atoms with Crippen LogP contribution in [0.4, 0.5) is 0 Å². The lowest BCUT2D eigenvalue weighted by atomic mass is 9.90. The van der Waals surface area contributed by atoms with E-state index in [-0.39, 0.29) is 0 Å². The monoisotopic (exact) mass is 259 g/mol. The number of rotatable bonds is 2. The summed E-state index contributed by atoms with van der Waals surface area (Å²) in [4.78, 5) is 0.941. The van der Waals surface area contributed by atoms with Crippen molar-refractivity contribution < 1.29 is 9.32 Å². The quantitative estimate of drug-likeness (QED) is 0.851. The topological polar surface area (TPSA) is 63.3 Å². The molecule has 0 amide bonds. The number of fused-ring (bicyclic) bond motifs is 1. The van der Waals surface area contributed by atoms with Gasteiger partial charge in [-0.1, -0.05) is 0 Å². The van der Waals surface area contributed by atoms with Gasteiger partial charge in [-0.05, 0) is 50.7 Å². The Kier molecular flexibility index (Phi) is 3.22. The molecule has 1 unspecified atom stereocenters. The van der Waals surface area contributed by atoms with E-state index in [4.69, 9.17) is 5.14 Å². The summed E-state index contributed by atoms with van der Waals surface area (Å²) < 4.78 is 12.2. The van der Waals surface area contributed by atoms with Crippen molar-refractivity contribution in [3.05, 3.63) is 16.0 Å². The lowest BCUT2D eigenvalue weighted by molar-refractivity contribution is 0.0814. The van der Waals surface area contributed by atoms with Gasteiger partial charge in [-0.3, -0.25) is 0 Å². The van der Waals surface area contributed by atoms with Crippen LogP contribution in [0.1, 0.15) is 42.7 Å². The molecule has 1 atom stereocenters. The van der Waals surface area contributed by atoms with Crippen molar-refractivity contribution in [2.75, 3.05) is 0 Å². The standard InChI is InChI=1S/C11H17NO2S2/c1-11(2,13)9-7-5-3-4-6-8(7)10(15-9)16(12)14/h13H,3-6,12H2,1-2H3. The van der Waals surface area contributed by atoms with E-state index in [1.165, 1.54) is 16.9 Å². The maximum atomic E-state index is 11.5. The predicted molar refractivity (Wildman–Crippen MR) is 66.8 cm³/mol. The zero-order valence-electron chi connectivity index (χ0n) is 9.58. The van der Waals surface area contributed by atoms with Crippen molar-refractivity contribution >= 4 is 22.3 Å². The maximum Gasteiger partial charge on any atom is 0.132 e. The fraction of sp³-hybridized carbons (Fsp3) is 0.636. The largest absolute Gasteiger partial charge is 0.385 e. The van der Waals surface area contributed by atoms with Gasteiger partial charge in [0.1, 0.15) is 15.2 Å². The average molecular weight is 259 g/mol. The molecule has 1 aromatic heterocycles. The normalized spacial score (nSPS) is 18.2. The van der Waals surface area contributed by atoms with E-state index < -0.39 is 16.6 Å². The number of aliphatic hydroxyl groups is 1. The first-order valence-corrected chi connectivity index (χ1v) is 7.47. The highest BCUT2D eigenvalue weighted by atomic mass is 32.2. The molecule has 1 aromatic rings. The Morgan fingerprint density at radius 1 is 1.31 bits per heavy atom. The van der Waals surface area contributed by atoms with Gasteiger partial charge in [-0.25, -0.2) is 9.35 Å². The smallest absolute Gasteiger partial charge is 0.132 e. The third-order valence-corrected chi connectivity index (χ3v) is 5.66. The van der Waals surface area contributed by atoms with Crippen LogP contribution in [0, 0.1) is 0 Å². The molecule has 1 aliphatic rings. The molecule has 0 saturated carbocycles. The molecule has 16 heavy (non-hydrogen) atoms. The predicted octanol–water partition coefficient (Wildman–Crippen LogP) is 1.84. The van der Waals surface area contributed by atoms with E-state index in [0.29, 0.717) is 0 Å². The minimum atomic E-state index is -1.42. The van der Waals surface area contributed by atoms with Crippen molar-refractivity contribution in [1.82, 2.24) is 0 Å². The average Bonchev–Trinajstić information content (AvgIpc) is 2.56. The fourth-order valence-corrected chi connectivity index (χ4v) is 4.43. The van der Waals surface area contributed by atoms with Crippen LogP contribution in [0.3, 0.4) is 0 Å². The third kappa shape index (κ3) is 2.09. The molecule has 3 N–H and O–H groups in total. The molecule has 0 aromatic carbocycles. The van der Waals surface area contributed by atoms with Gasteiger partial charge in [0.2, 0.25) is 0 Å². The number of hydrogen-bond donors (Lipinski definition) is 2. The van der Waals surface area contributed by atoms with E-state index >= 15 is 0 Å². The van der Waals surface area contributed by atoms with Crippen molar-refractivity contribution in [3.8, 4) is 0 Å². The molecule has 90 valence electrons. The lowest BCUT2D eigenvalue weighted by Gasteiger charge is -2.20. The van der Waals surface area contributed by atoms with Crippen LogP contribution >= 0.6 is 11.3 Å². The Bertz CT molecular complexity index is 432. The van der Waals surface area contributed by atoms with Gasteiger partial charge >= 0.3 is 0 Å². The SMILES string of the molecule is CC(C)(O)c1sc(S(N)=O)c2c1CCCC2. The van der Waals surface area contributed by atoms with E-state index in [9.17, 15) is 9.32 Å². The van der Waals surface area contributed by atoms with Gasteiger partial charge in [0, 0.05) is 4.88 Å². The Balaban J connectivity index is 2.59. The molecule has 0 radical (unpaired) electrons. The van der Waals surface area contributed by atoms with Crippen molar-refractivity contribution in [1.29, 1.82) is 0 Å². The van der Waals surface area contributed by atoms with Crippen molar-refractivity contribution in [3.63, 3.8) is 0 Å². The van der Waals surface area contributed by atoms with Crippen LogP contribution in [-0.2, 0) is 29.4 Å². The Morgan fingerprint density at radius 3 is 2.38 bits per heavy atom. The molecule has 0 bridgehead atoms. The van der Waals surface area contributed by atoms with Crippen molar-refractivity contribution in [2.24, 2.45) is 5.14 Å². The fourth-order valence-electron chi connectivity index (χ4n) is 2.25. The van der Waals surface area contributed by atoms with E-state index in [2.05, 4.69) is 0 Å². The summed E-state index contributed by atoms with van der Waals surface area (Å²) in [6.07, 6.45) is 4.19. The van der Waals surface area contributed by atoms with Crippen LogP contribution in [0.2, 0.25) is 0 Å². The first-order valence-electron chi connectivity index (χ1n) is 5.45. The summed E-state index contributed by atoms with van der Waals surface area (Å²) in [5.41, 5.74) is 1.47. The zero-order valence-corrected chi connectivity index (χ0v) is 11.2. The second-order valence-corrected chi connectivity index (χ2v) is 7.02. The molecular weight excluding hydrogens is 242 g/mol. The molecule has 0 spiro atoms. The third-order valence-electron chi connectivity index (χ3n) is 2.92. The summed E-state index contributed by atoms with van der Waals surface area (Å²) in [5, 5.41) is 15.6. The van der Waals surface area contributed by atoms with Gasteiger partial charge in [0.25, 0.3) is 0 Å². The second kappa shape index (κ2) is 4.22. The molecule has 1 heterocycles. The second-order valence-electron chi connectivity index (χ2n) is 4.74. The van der Waals surface area contributed by atoms with Gasteiger partial charge in [0.05, 0.1) is 5.60 Å². The zero-order chi connectivity index (χ0) is 11.9. The highest BCUT2D eigenvalue weighted by Gasteiger charge is 2.29. The Morgan fingerprint density at radius 2 is 1.88 bits per heavy atom. The minimum absolute atomic E-state index is 0.756. The summed E-state index contributed by atoms with van der Waals surface area (Å²) in [5.74, 6) is 0. The molecule has 3 nitrogen and oxygen atoms in total. The lowest BCUT2D eigenvalue weighted by Crippen LogP contribution is -2.17. The number of nitrogens with two attached hydrogens (primary N) is 1. The summed E-state index contributed by atoms with van der Waals surface area (Å²) in [7, 11) is -1.42. The summed E-state index contributed by atoms with van der Waals surface area (Å²) in [6.45, 7) is 3.55. The van der Waals surface area contributed by atoms with Gasteiger partial charge < -0.3 is 5.11 Å². The Labute approximate surface area is 102 Å². The van der Waals surface area contributed by atoms with Crippen molar-refractivity contribution in [2.45, 2.75) is 49.3 Å². The number of hydrogen-bond acceptors (Lipinski definition) is 3. The summed E-state index contributed by atoms with van der Waals surface area (Å²) in [6, 6.07) is 0. The molecule has 0 saturated heterocycles. The van der Waals surface area contributed by atoms with Crippen LogP contribution in [0.5, 0.6) is 0 Å². The van der Waals surface area contributed by atoms with Crippen LogP contribution in [0.25, 0.3) is 0 Å². The molecule has 2 rings (SSSR count). The van der Waals surface area contributed by atoms with Gasteiger partial charge in [0.15, 0.2) is 0 Å². The first-order chi connectivity index (χ1) is 7.41. The van der Waals surface area contributed by atoms with E-state index in [0.717, 1.165) is 40.3 Å². The van der Waals surface area contributed by atoms with Crippen LogP contribution in [-0.4, -0.2) is 9.32 Å². The molecule has 1 aliphatic carbocycles. The molecular formula is C11H17NO2S2. The summed E-state index contributed by atoms with van der Waals surface area (Å²) >= 11 is 1.42. The molecule has 0 aliphatic heterocycles. The Hall–Kier alpha value is -0.230. The highest BCUT2D eigenvalue weighted by Crippen LogP contribution is 2.40.